The number of halogens is 8. The molecular formula is C53H168Cl8N43P17. The molecule has 0 saturated heterocycles. The highest BCUT2D eigenvalue weighted by molar-refractivity contribution is 8.26. The summed E-state index contributed by atoms with van der Waals surface area (Å²) in [5.74, 6) is -12.9. The monoisotopic (exact) mass is 2210 g/mol. The van der Waals surface area contributed by atoms with Crippen LogP contribution in [0, 0.1) is 27.3 Å². The molecule has 121 heavy (non-hydrogen) atoms. The highest BCUT2D eigenvalue weighted by Gasteiger charge is 2.48. The van der Waals surface area contributed by atoms with Gasteiger partial charge in [-0.2, -0.15) is 73.7 Å². The third-order valence-electron chi connectivity index (χ3n) is 11.8. The highest BCUT2D eigenvalue weighted by atomic mass is 35.9. The van der Waals surface area contributed by atoms with E-state index in [0.29, 0.717) is 0 Å². The second-order valence-electron chi connectivity index (χ2n) is 21.6. The van der Waals surface area contributed by atoms with E-state index in [1.807, 2.05) is 436 Å². The van der Waals surface area contributed by atoms with Gasteiger partial charge in [0, 0.05) is 0 Å². The zero-order valence-electron chi connectivity index (χ0n) is 83.3. The van der Waals surface area contributed by atoms with Crippen molar-refractivity contribution >= 4 is 217 Å². The minimum absolute atomic E-state index is 0.754. The molecule has 43 nitrogen and oxygen atoms in total. The molecule has 0 aliphatic carbocycles. The molecule has 0 amide bonds. The summed E-state index contributed by atoms with van der Waals surface area (Å²) in [6, 6.07) is 0. The summed E-state index contributed by atoms with van der Waals surface area (Å²) >= 11 is 46.2. The molecule has 0 saturated carbocycles. The van der Waals surface area contributed by atoms with Crippen LogP contribution in [-0.2, 0) is 0 Å². The van der Waals surface area contributed by atoms with Gasteiger partial charge >= 0.3 is 30.0 Å². The van der Waals surface area contributed by atoms with Crippen LogP contribution in [0.4, 0.5) is 0 Å². The molecule has 0 radical (unpaired) electrons. The molecule has 5 N–H and O–H groups in total. The van der Waals surface area contributed by atoms with Gasteiger partial charge in [-0.25, -0.2) is 22.1 Å². The summed E-state index contributed by atoms with van der Waals surface area (Å²) < 4.78 is 88.8. The average molecular weight is 2220 g/mol. The fourth-order valence-corrected chi connectivity index (χ4v) is 70.9. The molecule has 0 bridgehead atoms. The second kappa shape index (κ2) is 80.5. The van der Waals surface area contributed by atoms with E-state index in [2.05, 4.69) is 57.1 Å². The van der Waals surface area contributed by atoms with Crippen molar-refractivity contribution in [1.29, 1.82) is 27.3 Å². The Morgan fingerprint density at radius 1 is 0.215 bits per heavy atom. The molecule has 6 unspecified atom stereocenters. The molecule has 2 aliphatic rings. The molecule has 68 heteroatoms. The molecule has 2 heterocycles. The van der Waals surface area contributed by atoms with E-state index in [1.54, 1.807) is 0 Å². The lowest BCUT2D eigenvalue weighted by molar-refractivity contribution is 0.474. The third-order valence-corrected chi connectivity index (χ3v) is 62.9. The molecule has 0 fully saturated rings. The zero-order chi connectivity index (χ0) is 100. The third kappa shape index (κ3) is 54.0. The van der Waals surface area contributed by atoms with Gasteiger partial charge in [0.25, 0.3) is 23.6 Å². The number of nitrogens with zero attached hydrogens (tertiary/aromatic N) is 38. The summed E-state index contributed by atoms with van der Waals surface area (Å²) in [5.41, 5.74) is 31.3. The first-order chi connectivity index (χ1) is 55.9. The van der Waals surface area contributed by atoms with Crippen molar-refractivity contribution in [3.05, 3.63) is 0 Å². The van der Waals surface area contributed by atoms with Crippen molar-refractivity contribution in [3.8, 4) is 0 Å². The molecule has 0 aromatic rings. The number of hydrogen-bond donors (Lipinski definition) is 5. The van der Waals surface area contributed by atoms with Crippen molar-refractivity contribution in [3.63, 3.8) is 0 Å². The van der Waals surface area contributed by atoms with Crippen LogP contribution < -0.4 is 0 Å². The second-order valence-corrected chi connectivity index (χ2v) is 72.0. The topological polar surface area (TPSA) is 461 Å². The van der Waals surface area contributed by atoms with Crippen molar-refractivity contribution in [2.24, 2.45) is 113 Å². The van der Waals surface area contributed by atoms with Gasteiger partial charge in [0.2, 0.25) is 0 Å². The lowest BCUT2D eigenvalue weighted by Gasteiger charge is -2.44. The normalized spacial score (nSPS) is 18.9. The molecule has 736 valence electrons. The summed E-state index contributed by atoms with van der Waals surface area (Å²) in [5, 5.41) is 7.80. The van der Waals surface area contributed by atoms with Crippen LogP contribution in [-0.4, -0.2) is 269 Å². The first-order valence-corrected chi connectivity index (χ1v) is 71.0. The standard InChI is InChI=1S/C24H80N36P12.C5H16N3P.12C2H6.Cl8N4P4/c1-49(2)69(50(3)4,51(5)6)45-66(39-35-63-31-27)41-65(37-33-61-29-25,38-34-62-30-26)42-67(40-36-64-32-28,46-70(52(7)8,53(9)10)54(11)12)44-68(43-66,47-71(55(13)14,56(15)16)57(17)18)48-72(58(19)20,59(21)22)60(23)24;1-7(2)9(5,6)8(3)4;12*1-2;1-13(2)9-14(3,4)11-16(7,8)12-15(5,6)10-13/h25-28,61-64H,1-24H3;6H,1-5H3;12*1-2H3;. The SMILES string of the molecule is CC.CC.CC.CC.CC.CC.CC.CC.CC.CC.CC.CC.CN(C)P(=NP1(N=NPN=N)=NP(N=NPN=N)(N=NPN=N)=NP(N=NPN=N)(N=P(N(C)C)(N(C)C)N(C)C)=NP(N=P(N(C)C)(N(C)C)N(C)C)(N=P(N(C)C)(N(C)C)N(C)C)=N1)(N(C)C)N(C)C.CN(C)P(C)(=N)N(C)C.ClP1(Cl)=NP(Cl)(Cl)=NP(Cl)(Cl)=NP(Cl)(Cl)=N1. The van der Waals surface area contributed by atoms with Crippen molar-refractivity contribution < 1.29 is 0 Å². The van der Waals surface area contributed by atoms with Crippen LogP contribution in [0.25, 0.3) is 0 Å². The molecular weight excluding hydrogens is 2050 g/mol. The van der Waals surface area contributed by atoms with Crippen LogP contribution in [0.1, 0.15) is 166 Å². The van der Waals surface area contributed by atoms with Gasteiger partial charge in [-0.15, -0.1) is 39.1 Å². The smallest absolute Gasteiger partial charge is 0.290 e. The Morgan fingerprint density at radius 3 is 0.471 bits per heavy atom. The summed E-state index contributed by atoms with van der Waals surface area (Å²) in [7, 11) is 17.6. The molecule has 6 atom stereocenters. The van der Waals surface area contributed by atoms with Crippen LogP contribution in [0.5, 0.6) is 0 Å². The van der Waals surface area contributed by atoms with Crippen molar-refractivity contribution in [2.75, 3.05) is 204 Å². The summed E-state index contributed by atoms with van der Waals surface area (Å²) in [6.45, 7) is 50.0. The van der Waals surface area contributed by atoms with Gasteiger partial charge in [-0.1, -0.05) is 166 Å². The Kier molecular flexibility index (Phi) is 102. The van der Waals surface area contributed by atoms with E-state index in [-0.39, 0.29) is 0 Å². The van der Waals surface area contributed by atoms with E-state index < -0.39 is 127 Å². The lowest BCUT2D eigenvalue weighted by atomic mass is 11.0. The maximum Gasteiger partial charge on any atom is 0.348 e. The van der Waals surface area contributed by atoms with Gasteiger partial charge in [0.15, 0.2) is 65.6 Å². The predicted molar refractivity (Wildman–Crippen MR) is 576 cm³/mol. The fraction of sp³-hybridized carbons (Fsp3) is 1.00. The Hall–Kier alpha value is 3.27. The minimum atomic E-state index is -4.52. The molecule has 2 aliphatic heterocycles. The van der Waals surface area contributed by atoms with Crippen LogP contribution in [0.15, 0.2) is 113 Å². The first-order valence-electron chi connectivity index (χ1n) is 38.4. The Morgan fingerprint density at radius 2 is 0.339 bits per heavy atom. The highest BCUT2D eigenvalue weighted by Crippen LogP contribution is 2.91. The van der Waals surface area contributed by atoms with Crippen molar-refractivity contribution in [2.45, 2.75) is 166 Å². The Labute approximate surface area is 785 Å². The predicted octanol–water partition coefficient (Wildman–Crippen LogP) is 37.6. The van der Waals surface area contributed by atoms with Crippen LogP contribution in [0.2, 0.25) is 0 Å². The van der Waals surface area contributed by atoms with Gasteiger partial charge in [0.05, 0.1) is 7.36 Å². The van der Waals surface area contributed by atoms with Crippen LogP contribution >= 0.6 is 217 Å². The average Bonchev–Trinajstić information content (AvgIpc) is 0.711. The minimum Gasteiger partial charge on any atom is -0.290 e. The maximum absolute atomic E-state index is 7.89. The molecule has 0 spiro atoms. The van der Waals surface area contributed by atoms with E-state index in [4.69, 9.17) is 173 Å². The quantitative estimate of drug-likeness (QED) is 0.0330. The summed E-state index contributed by atoms with van der Waals surface area (Å²) in [4.78, 5) is 51.1. The number of rotatable bonds is 30. The van der Waals surface area contributed by atoms with E-state index in [0.717, 1.165) is 0 Å². The number of nitrogens with one attached hydrogen (secondary N) is 5. The molecule has 0 aromatic heterocycles. The van der Waals surface area contributed by atoms with Crippen molar-refractivity contribution in [1.82, 2.24) is 65.4 Å². The van der Waals surface area contributed by atoms with E-state index >= 15 is 0 Å². The fourth-order valence-electron chi connectivity index (χ4n) is 8.33. The van der Waals surface area contributed by atoms with Gasteiger partial charge in [-0.3, -0.25) is 70.5 Å². The number of hydrogen-bond acceptors (Lipinski definition) is 29. The Bertz CT molecular complexity index is 3300. The lowest BCUT2D eigenvalue weighted by Crippen LogP contribution is -2.31. The molecule has 0 aromatic carbocycles. The van der Waals surface area contributed by atoms with Crippen LogP contribution in [0.3, 0.4) is 0 Å². The van der Waals surface area contributed by atoms with Gasteiger partial charge < -0.3 is 0 Å². The zero-order valence-corrected chi connectivity index (χ0v) is 105. The van der Waals surface area contributed by atoms with Gasteiger partial charge in [0.1, 0.15) is 0 Å². The molecule has 2 rings (SSSR count). The van der Waals surface area contributed by atoms with E-state index in [9.17, 15) is 0 Å². The summed E-state index contributed by atoms with van der Waals surface area (Å²) in [6.07, 6.45) is 0. The largest absolute Gasteiger partial charge is 0.348 e. The van der Waals surface area contributed by atoms with Gasteiger partial charge in [-0.05, 0) is 294 Å². The van der Waals surface area contributed by atoms with E-state index in [1.165, 1.54) is 0 Å². The maximum atomic E-state index is 7.89. The Balaban J connectivity index is -0.000000176. The first kappa shape index (κ1) is 153.